The van der Waals surface area contributed by atoms with Crippen molar-refractivity contribution in [1.82, 2.24) is 9.13 Å². The minimum atomic E-state index is -0.371. The third-order valence-corrected chi connectivity index (χ3v) is 3.47. The number of rotatable bonds is 3. The average Bonchev–Trinajstić information content (AvgIpc) is 2.47. The van der Waals surface area contributed by atoms with Crippen LogP contribution in [0.5, 0.6) is 0 Å². The zero-order valence-corrected chi connectivity index (χ0v) is 12.2. The molecule has 6 heteroatoms. The van der Waals surface area contributed by atoms with E-state index < -0.39 is 0 Å². The molecule has 1 heterocycles. The number of nitrogens with zero attached hydrogens (tertiary/aromatic N) is 3. The maximum atomic E-state index is 11.8. The monoisotopic (exact) mass is 284 g/mol. The maximum Gasteiger partial charge on any atom is 0.330 e. The molecule has 108 valence electrons. The van der Waals surface area contributed by atoms with E-state index in [9.17, 15) is 14.9 Å². The molecule has 0 saturated carbocycles. The molecule has 0 bridgehead atoms. The minimum Gasteiger partial charge on any atom is -0.378 e. The van der Waals surface area contributed by atoms with Gasteiger partial charge in [0.25, 0.3) is 5.56 Å². The molecule has 0 fully saturated rings. The summed E-state index contributed by atoms with van der Waals surface area (Å²) >= 11 is 0. The number of aromatic nitrogens is 2. The first-order valence-corrected chi connectivity index (χ1v) is 6.45. The van der Waals surface area contributed by atoms with Crippen LogP contribution in [0.4, 0.5) is 5.69 Å². The van der Waals surface area contributed by atoms with Crippen molar-refractivity contribution in [2.45, 2.75) is 13.5 Å². The summed E-state index contributed by atoms with van der Waals surface area (Å²) in [6.45, 7) is 2.15. The normalized spacial score (nSPS) is 10.2. The molecule has 6 nitrogen and oxygen atoms in total. The number of anilines is 1. The molecule has 0 aliphatic heterocycles. The highest BCUT2D eigenvalue weighted by atomic mass is 16.2. The van der Waals surface area contributed by atoms with Gasteiger partial charge in [-0.2, -0.15) is 5.26 Å². The molecular weight excluding hydrogens is 268 g/mol. The van der Waals surface area contributed by atoms with Crippen molar-refractivity contribution in [3.63, 3.8) is 0 Å². The summed E-state index contributed by atoms with van der Waals surface area (Å²) < 4.78 is 2.47. The van der Waals surface area contributed by atoms with Gasteiger partial charge < -0.3 is 5.32 Å². The van der Waals surface area contributed by atoms with Crippen LogP contribution >= 0.6 is 0 Å². The summed E-state index contributed by atoms with van der Waals surface area (Å²) in [5.74, 6) is 0. The topological polar surface area (TPSA) is 79.8 Å². The van der Waals surface area contributed by atoms with E-state index in [1.54, 1.807) is 13.1 Å². The lowest BCUT2D eigenvalue weighted by atomic mass is 10.1. The van der Waals surface area contributed by atoms with E-state index in [0.717, 1.165) is 10.1 Å². The van der Waals surface area contributed by atoms with Gasteiger partial charge in [0, 0.05) is 25.9 Å². The summed E-state index contributed by atoms with van der Waals surface area (Å²) in [5.41, 5.74) is 1.97. The lowest BCUT2D eigenvalue weighted by Gasteiger charge is -2.13. The van der Waals surface area contributed by atoms with Gasteiger partial charge in [-0.1, -0.05) is 12.1 Å². The lowest BCUT2D eigenvalue weighted by molar-refractivity contribution is 0.655. The van der Waals surface area contributed by atoms with Crippen molar-refractivity contribution in [3.8, 4) is 6.07 Å². The zero-order valence-electron chi connectivity index (χ0n) is 12.2. The van der Waals surface area contributed by atoms with E-state index in [1.807, 2.05) is 19.1 Å². The predicted molar refractivity (Wildman–Crippen MR) is 80.1 cm³/mol. The molecule has 0 radical (unpaired) electrons. The fraction of sp³-hybridized carbons (Fsp3) is 0.267. The van der Waals surface area contributed by atoms with Gasteiger partial charge in [-0.3, -0.25) is 13.9 Å². The Balaban J connectivity index is 2.35. The standard InChI is InChI=1S/C15H16N4O2/c1-10-5-4-6-13(12(10)8-16)17-9-11-7-14(20)19(3)15(21)18(11)2/h4-7,17H,9H2,1-3H3. The molecule has 2 rings (SSSR count). The Hall–Kier alpha value is -2.81. The van der Waals surface area contributed by atoms with Crippen molar-refractivity contribution < 1.29 is 0 Å². The highest BCUT2D eigenvalue weighted by Crippen LogP contribution is 2.18. The molecule has 0 spiro atoms. The molecule has 0 amide bonds. The largest absolute Gasteiger partial charge is 0.378 e. The second kappa shape index (κ2) is 5.67. The van der Waals surface area contributed by atoms with Gasteiger partial charge in [-0.25, -0.2) is 4.79 Å². The number of nitrogens with one attached hydrogen (secondary N) is 1. The molecule has 0 saturated heterocycles. The van der Waals surface area contributed by atoms with Crippen LogP contribution in [-0.2, 0) is 20.6 Å². The van der Waals surface area contributed by atoms with E-state index in [-0.39, 0.29) is 11.2 Å². The molecule has 1 N–H and O–H groups in total. The summed E-state index contributed by atoms with van der Waals surface area (Å²) in [6.07, 6.45) is 0. The first-order valence-electron chi connectivity index (χ1n) is 6.45. The predicted octanol–water partition coefficient (Wildman–Crippen LogP) is 0.876. The number of aryl methyl sites for hydroxylation is 1. The van der Waals surface area contributed by atoms with E-state index in [1.165, 1.54) is 17.7 Å². The van der Waals surface area contributed by atoms with Gasteiger partial charge in [-0.05, 0) is 18.6 Å². The quantitative estimate of drug-likeness (QED) is 0.907. The molecule has 21 heavy (non-hydrogen) atoms. The first-order chi connectivity index (χ1) is 9.95. The summed E-state index contributed by atoms with van der Waals surface area (Å²) in [7, 11) is 3.05. The van der Waals surface area contributed by atoms with E-state index in [4.69, 9.17) is 0 Å². The summed E-state index contributed by atoms with van der Waals surface area (Å²) in [6, 6.07) is 9.07. The van der Waals surface area contributed by atoms with Gasteiger partial charge in [0.15, 0.2) is 0 Å². The van der Waals surface area contributed by atoms with Crippen molar-refractivity contribution in [1.29, 1.82) is 5.26 Å². The average molecular weight is 284 g/mol. The highest BCUT2D eigenvalue weighted by molar-refractivity contribution is 5.60. The maximum absolute atomic E-state index is 11.8. The van der Waals surface area contributed by atoms with E-state index >= 15 is 0 Å². The van der Waals surface area contributed by atoms with Crippen molar-refractivity contribution in [3.05, 3.63) is 61.9 Å². The minimum absolute atomic E-state index is 0.292. The number of hydrogen-bond donors (Lipinski definition) is 1. The highest BCUT2D eigenvalue weighted by Gasteiger charge is 2.08. The molecule has 1 aromatic carbocycles. The van der Waals surface area contributed by atoms with Crippen molar-refractivity contribution in [2.75, 3.05) is 5.32 Å². The van der Waals surface area contributed by atoms with Crippen LogP contribution in [0.1, 0.15) is 16.8 Å². The van der Waals surface area contributed by atoms with Crippen LogP contribution in [-0.4, -0.2) is 9.13 Å². The van der Waals surface area contributed by atoms with Crippen LogP contribution in [0.3, 0.4) is 0 Å². The smallest absolute Gasteiger partial charge is 0.330 e. The van der Waals surface area contributed by atoms with Gasteiger partial charge >= 0.3 is 5.69 Å². The Kier molecular flexibility index (Phi) is 3.94. The molecule has 0 aliphatic rings. The second-order valence-corrected chi connectivity index (χ2v) is 4.84. The Morgan fingerprint density at radius 1 is 1.24 bits per heavy atom. The molecular formula is C15H16N4O2. The van der Waals surface area contributed by atoms with Crippen LogP contribution in [0.2, 0.25) is 0 Å². The van der Waals surface area contributed by atoms with Crippen LogP contribution in [0.25, 0.3) is 0 Å². The lowest BCUT2D eigenvalue weighted by Crippen LogP contribution is -2.38. The number of nitriles is 1. The Bertz CT molecular complexity index is 840. The van der Waals surface area contributed by atoms with E-state index in [2.05, 4.69) is 11.4 Å². The summed E-state index contributed by atoms with van der Waals surface area (Å²) in [4.78, 5) is 23.5. The zero-order chi connectivity index (χ0) is 15.6. The molecule has 0 atom stereocenters. The third-order valence-electron chi connectivity index (χ3n) is 3.47. The first kappa shape index (κ1) is 14.6. The van der Waals surface area contributed by atoms with Crippen molar-refractivity contribution >= 4 is 5.69 Å². The van der Waals surface area contributed by atoms with Gasteiger partial charge in [-0.15, -0.1) is 0 Å². The fourth-order valence-electron chi connectivity index (χ4n) is 2.10. The molecule has 1 aromatic heterocycles. The van der Waals surface area contributed by atoms with Gasteiger partial charge in [0.2, 0.25) is 0 Å². The third kappa shape index (κ3) is 2.72. The van der Waals surface area contributed by atoms with Crippen LogP contribution in [0.15, 0.2) is 33.9 Å². The van der Waals surface area contributed by atoms with E-state index in [0.29, 0.717) is 23.5 Å². The fourth-order valence-corrected chi connectivity index (χ4v) is 2.10. The number of hydrogen-bond acceptors (Lipinski definition) is 4. The Morgan fingerprint density at radius 3 is 2.62 bits per heavy atom. The molecule has 0 aliphatic carbocycles. The Labute approximate surface area is 121 Å². The SMILES string of the molecule is Cc1cccc(NCc2cc(=O)n(C)c(=O)n2C)c1C#N. The van der Waals surface area contributed by atoms with Gasteiger partial charge in [0.1, 0.15) is 6.07 Å². The second-order valence-electron chi connectivity index (χ2n) is 4.84. The number of benzene rings is 1. The van der Waals surface area contributed by atoms with Crippen molar-refractivity contribution in [2.24, 2.45) is 14.1 Å². The summed E-state index contributed by atoms with van der Waals surface area (Å²) in [5, 5.41) is 12.3. The van der Waals surface area contributed by atoms with Crippen LogP contribution in [0, 0.1) is 18.3 Å². The molecule has 0 unspecified atom stereocenters. The Morgan fingerprint density at radius 2 is 1.95 bits per heavy atom. The van der Waals surface area contributed by atoms with Crippen LogP contribution < -0.4 is 16.6 Å². The molecule has 2 aromatic rings. The van der Waals surface area contributed by atoms with Gasteiger partial charge in [0.05, 0.1) is 17.8 Å².